The van der Waals surface area contributed by atoms with Gasteiger partial charge in [-0.2, -0.15) is 5.26 Å². The summed E-state index contributed by atoms with van der Waals surface area (Å²) in [4.78, 5) is 26.3. The maximum Gasteiger partial charge on any atom is 0.410 e. The number of nitrogens with zero attached hydrogens (tertiary/aromatic N) is 2. The van der Waals surface area contributed by atoms with Gasteiger partial charge in [0.1, 0.15) is 5.60 Å². The van der Waals surface area contributed by atoms with Crippen LogP contribution < -0.4 is 0 Å². The number of carbonyl (C=O) groups is 2. The van der Waals surface area contributed by atoms with Crippen LogP contribution in [0.15, 0.2) is 24.3 Å². The Labute approximate surface area is 130 Å². The van der Waals surface area contributed by atoms with Crippen molar-refractivity contribution >= 4 is 11.9 Å². The van der Waals surface area contributed by atoms with E-state index in [9.17, 15) is 9.59 Å². The van der Waals surface area contributed by atoms with Crippen molar-refractivity contribution in [2.24, 2.45) is 0 Å². The molecule has 1 aromatic rings. The molecule has 5 nitrogen and oxygen atoms in total. The third-order valence-electron chi connectivity index (χ3n) is 3.48. The Hall–Kier alpha value is -2.35. The molecule has 5 heteroatoms. The number of ketones is 1. The first kappa shape index (κ1) is 16.0. The van der Waals surface area contributed by atoms with Gasteiger partial charge in [-0.25, -0.2) is 4.79 Å². The van der Waals surface area contributed by atoms with Gasteiger partial charge in [-0.15, -0.1) is 0 Å². The van der Waals surface area contributed by atoms with E-state index in [4.69, 9.17) is 10.00 Å². The SMILES string of the molecule is CC(C)(C)OC(=O)N1CCCC1C(=O)c1ccc(C#N)cc1. The van der Waals surface area contributed by atoms with Gasteiger partial charge in [0.2, 0.25) is 0 Å². The van der Waals surface area contributed by atoms with Crippen molar-refractivity contribution in [2.75, 3.05) is 6.54 Å². The minimum atomic E-state index is -0.582. The van der Waals surface area contributed by atoms with E-state index in [1.165, 1.54) is 4.90 Å². The first-order chi connectivity index (χ1) is 10.3. The summed E-state index contributed by atoms with van der Waals surface area (Å²) in [6.07, 6.45) is 0.973. The van der Waals surface area contributed by atoms with Crippen LogP contribution in [-0.2, 0) is 4.74 Å². The van der Waals surface area contributed by atoms with Crippen molar-refractivity contribution in [3.63, 3.8) is 0 Å². The molecule has 0 aromatic heterocycles. The molecule has 1 aliphatic rings. The lowest BCUT2D eigenvalue weighted by Gasteiger charge is -2.28. The van der Waals surface area contributed by atoms with Crippen LogP contribution in [-0.4, -0.2) is 35.0 Å². The molecule has 1 aromatic carbocycles. The Balaban J connectivity index is 2.14. The highest BCUT2D eigenvalue weighted by atomic mass is 16.6. The summed E-state index contributed by atoms with van der Waals surface area (Å²) in [6.45, 7) is 5.94. The predicted octanol–water partition coefficient (Wildman–Crippen LogP) is 3.14. The van der Waals surface area contributed by atoms with E-state index in [-0.39, 0.29) is 5.78 Å². The molecule has 0 spiro atoms. The Bertz CT molecular complexity index is 608. The van der Waals surface area contributed by atoms with E-state index in [1.807, 2.05) is 6.07 Å². The van der Waals surface area contributed by atoms with E-state index < -0.39 is 17.7 Å². The van der Waals surface area contributed by atoms with E-state index in [1.54, 1.807) is 45.0 Å². The second-order valence-electron chi connectivity index (χ2n) is 6.39. The number of rotatable bonds is 2. The molecule has 1 fully saturated rings. The molecule has 0 aliphatic carbocycles. The van der Waals surface area contributed by atoms with Crippen molar-refractivity contribution in [1.82, 2.24) is 4.90 Å². The number of carbonyl (C=O) groups excluding carboxylic acids is 2. The minimum Gasteiger partial charge on any atom is -0.444 e. The van der Waals surface area contributed by atoms with Crippen LogP contribution in [0.5, 0.6) is 0 Å². The van der Waals surface area contributed by atoms with E-state index in [0.717, 1.165) is 6.42 Å². The molecule has 1 amide bonds. The average Bonchev–Trinajstić information content (AvgIpc) is 2.94. The summed E-state index contributed by atoms with van der Waals surface area (Å²) in [7, 11) is 0. The Morgan fingerprint density at radius 1 is 1.27 bits per heavy atom. The number of amides is 1. The average molecular weight is 300 g/mol. The first-order valence-corrected chi connectivity index (χ1v) is 7.36. The van der Waals surface area contributed by atoms with Gasteiger partial charge < -0.3 is 4.74 Å². The van der Waals surface area contributed by atoms with Crippen LogP contribution in [0.3, 0.4) is 0 Å². The summed E-state index contributed by atoms with van der Waals surface area (Å²) < 4.78 is 5.37. The van der Waals surface area contributed by atoms with Crippen LogP contribution in [0.1, 0.15) is 49.5 Å². The fraction of sp³-hybridized carbons (Fsp3) is 0.471. The lowest BCUT2D eigenvalue weighted by molar-refractivity contribution is 0.0222. The molecule has 0 saturated carbocycles. The Morgan fingerprint density at radius 3 is 2.45 bits per heavy atom. The number of ether oxygens (including phenoxy) is 1. The lowest BCUT2D eigenvalue weighted by atomic mass is 10.0. The number of likely N-dealkylation sites (tertiary alicyclic amines) is 1. The number of hydrogen-bond acceptors (Lipinski definition) is 4. The first-order valence-electron chi connectivity index (χ1n) is 7.36. The quantitative estimate of drug-likeness (QED) is 0.787. The van der Waals surface area contributed by atoms with E-state index in [0.29, 0.717) is 24.1 Å². The van der Waals surface area contributed by atoms with Crippen molar-refractivity contribution < 1.29 is 14.3 Å². The summed E-state index contributed by atoms with van der Waals surface area (Å²) in [5, 5.41) is 8.80. The molecule has 1 aliphatic heterocycles. The molecule has 0 radical (unpaired) electrons. The number of nitriles is 1. The molecule has 22 heavy (non-hydrogen) atoms. The zero-order valence-corrected chi connectivity index (χ0v) is 13.1. The minimum absolute atomic E-state index is 0.104. The molecule has 1 saturated heterocycles. The van der Waals surface area contributed by atoms with Gasteiger partial charge in [0.05, 0.1) is 17.7 Å². The van der Waals surface area contributed by atoms with Crippen LogP contribution in [0.4, 0.5) is 4.79 Å². The summed E-state index contributed by atoms with van der Waals surface area (Å²) in [5.41, 5.74) is 0.438. The molecule has 1 heterocycles. The monoisotopic (exact) mass is 300 g/mol. The zero-order chi connectivity index (χ0) is 16.3. The Morgan fingerprint density at radius 2 is 1.91 bits per heavy atom. The van der Waals surface area contributed by atoms with Crippen molar-refractivity contribution in [3.05, 3.63) is 35.4 Å². The Kier molecular flexibility index (Phi) is 4.51. The summed E-state index contributed by atoms with van der Waals surface area (Å²) in [5.74, 6) is -0.104. The molecule has 0 N–H and O–H groups in total. The third kappa shape index (κ3) is 3.64. The zero-order valence-electron chi connectivity index (χ0n) is 13.1. The fourth-order valence-electron chi connectivity index (χ4n) is 2.48. The van der Waals surface area contributed by atoms with Crippen LogP contribution >= 0.6 is 0 Å². The number of benzene rings is 1. The molecule has 1 unspecified atom stereocenters. The van der Waals surface area contributed by atoms with Crippen molar-refractivity contribution in [3.8, 4) is 6.07 Å². The van der Waals surface area contributed by atoms with Gasteiger partial charge in [-0.05, 0) is 45.7 Å². The molecule has 0 bridgehead atoms. The maximum atomic E-state index is 12.6. The van der Waals surface area contributed by atoms with Gasteiger partial charge in [-0.1, -0.05) is 12.1 Å². The van der Waals surface area contributed by atoms with Gasteiger partial charge in [-0.3, -0.25) is 9.69 Å². The van der Waals surface area contributed by atoms with Crippen LogP contribution in [0.25, 0.3) is 0 Å². The predicted molar refractivity (Wildman–Crippen MR) is 81.4 cm³/mol. The number of Topliss-reactive ketones (excluding diaryl/α,β-unsaturated/α-hetero) is 1. The van der Waals surface area contributed by atoms with E-state index >= 15 is 0 Å². The topological polar surface area (TPSA) is 70.4 Å². The molecule has 116 valence electrons. The van der Waals surface area contributed by atoms with Crippen LogP contribution in [0, 0.1) is 11.3 Å². The van der Waals surface area contributed by atoms with Gasteiger partial charge >= 0.3 is 6.09 Å². The molecular formula is C17H20N2O3. The maximum absolute atomic E-state index is 12.6. The normalized spacial score (nSPS) is 17.9. The van der Waals surface area contributed by atoms with Gasteiger partial charge in [0.15, 0.2) is 5.78 Å². The highest BCUT2D eigenvalue weighted by molar-refractivity contribution is 6.01. The second-order valence-corrected chi connectivity index (χ2v) is 6.39. The largest absolute Gasteiger partial charge is 0.444 e. The smallest absolute Gasteiger partial charge is 0.410 e. The molecule has 2 rings (SSSR count). The highest BCUT2D eigenvalue weighted by Gasteiger charge is 2.36. The second kappa shape index (κ2) is 6.18. The standard InChI is InChI=1S/C17H20N2O3/c1-17(2,3)22-16(21)19-10-4-5-14(19)15(20)13-8-6-12(11-18)7-9-13/h6-9,14H,4-5,10H2,1-3H3. The molecule has 1 atom stereocenters. The van der Waals surface area contributed by atoms with Crippen molar-refractivity contribution in [2.45, 2.75) is 45.3 Å². The summed E-state index contributed by atoms with van der Waals surface area (Å²) in [6, 6.07) is 8.02. The van der Waals surface area contributed by atoms with E-state index in [2.05, 4.69) is 0 Å². The summed E-state index contributed by atoms with van der Waals surface area (Å²) >= 11 is 0. The third-order valence-corrected chi connectivity index (χ3v) is 3.48. The lowest BCUT2D eigenvalue weighted by Crippen LogP contribution is -2.43. The molecular weight excluding hydrogens is 280 g/mol. The van der Waals surface area contributed by atoms with Crippen molar-refractivity contribution in [1.29, 1.82) is 5.26 Å². The highest BCUT2D eigenvalue weighted by Crippen LogP contribution is 2.24. The number of hydrogen-bond donors (Lipinski definition) is 0. The fourth-order valence-corrected chi connectivity index (χ4v) is 2.48. The van der Waals surface area contributed by atoms with Crippen LogP contribution in [0.2, 0.25) is 0 Å². The van der Waals surface area contributed by atoms with Gasteiger partial charge in [0.25, 0.3) is 0 Å². The van der Waals surface area contributed by atoms with Gasteiger partial charge in [0, 0.05) is 12.1 Å².